The molecule has 6 heteroatoms. The van der Waals surface area contributed by atoms with Crippen molar-refractivity contribution in [2.75, 3.05) is 26.2 Å². The number of hydrogen-bond acceptors (Lipinski definition) is 4. The SMILES string of the molecule is O=C(CCc1ncc(-c2ccccc2Cl)o1)N1CCN(Cc2ccccc2)CC1. The molecule has 1 aromatic heterocycles. The van der Waals surface area contributed by atoms with Gasteiger partial charge in [-0.3, -0.25) is 9.69 Å². The number of oxazole rings is 1. The Morgan fingerprint density at radius 3 is 2.48 bits per heavy atom. The van der Waals surface area contributed by atoms with Crippen molar-refractivity contribution in [1.82, 2.24) is 14.8 Å². The largest absolute Gasteiger partial charge is 0.441 e. The first-order valence-corrected chi connectivity index (χ1v) is 10.3. The summed E-state index contributed by atoms with van der Waals surface area (Å²) < 4.78 is 5.80. The van der Waals surface area contributed by atoms with Crippen LogP contribution in [0.25, 0.3) is 11.3 Å². The van der Waals surface area contributed by atoms with Crippen LogP contribution < -0.4 is 0 Å². The molecule has 3 aromatic rings. The van der Waals surface area contributed by atoms with E-state index in [4.69, 9.17) is 16.0 Å². The number of aromatic nitrogens is 1. The molecule has 1 amide bonds. The van der Waals surface area contributed by atoms with Gasteiger partial charge in [0.15, 0.2) is 11.7 Å². The number of benzene rings is 2. The Bertz CT molecular complexity index is 950. The third kappa shape index (κ3) is 5.05. The third-order valence-corrected chi connectivity index (χ3v) is 5.55. The van der Waals surface area contributed by atoms with Gasteiger partial charge in [0.2, 0.25) is 5.91 Å². The number of hydrogen-bond donors (Lipinski definition) is 0. The smallest absolute Gasteiger partial charge is 0.223 e. The molecular weight excluding hydrogens is 386 g/mol. The standard InChI is InChI=1S/C23H24ClN3O2/c24-20-9-5-4-8-19(20)21-16-25-22(29-21)10-11-23(28)27-14-12-26(13-15-27)17-18-6-2-1-3-7-18/h1-9,16H,10-15,17H2. The Balaban J connectivity index is 1.25. The normalized spacial score (nSPS) is 14.9. The van der Waals surface area contributed by atoms with Crippen molar-refractivity contribution < 1.29 is 9.21 Å². The summed E-state index contributed by atoms with van der Waals surface area (Å²) in [5.41, 5.74) is 2.12. The molecule has 1 saturated heterocycles. The van der Waals surface area contributed by atoms with Gasteiger partial charge in [0.1, 0.15) is 0 Å². The minimum atomic E-state index is 0.154. The van der Waals surface area contributed by atoms with Crippen molar-refractivity contribution in [3.63, 3.8) is 0 Å². The van der Waals surface area contributed by atoms with Crippen LogP contribution in [0.5, 0.6) is 0 Å². The molecule has 1 fully saturated rings. The second kappa shape index (κ2) is 9.25. The van der Waals surface area contributed by atoms with Gasteiger partial charge in [-0.05, 0) is 17.7 Å². The van der Waals surface area contributed by atoms with Crippen LogP contribution in [0.1, 0.15) is 17.9 Å². The van der Waals surface area contributed by atoms with Crippen LogP contribution in [0.3, 0.4) is 0 Å². The van der Waals surface area contributed by atoms with Crippen molar-refractivity contribution in [2.45, 2.75) is 19.4 Å². The number of piperazine rings is 1. The summed E-state index contributed by atoms with van der Waals surface area (Å²) in [7, 11) is 0. The molecule has 1 aliphatic heterocycles. The lowest BCUT2D eigenvalue weighted by Gasteiger charge is -2.34. The maximum absolute atomic E-state index is 12.6. The van der Waals surface area contributed by atoms with Gasteiger partial charge in [-0.15, -0.1) is 0 Å². The van der Waals surface area contributed by atoms with E-state index in [-0.39, 0.29) is 5.91 Å². The van der Waals surface area contributed by atoms with Crippen molar-refractivity contribution >= 4 is 17.5 Å². The molecule has 2 heterocycles. The maximum atomic E-state index is 12.6. The van der Waals surface area contributed by atoms with Gasteiger partial charge < -0.3 is 9.32 Å². The molecule has 1 aliphatic rings. The van der Waals surface area contributed by atoms with Gasteiger partial charge in [0.25, 0.3) is 0 Å². The van der Waals surface area contributed by atoms with Gasteiger partial charge in [-0.25, -0.2) is 4.98 Å². The maximum Gasteiger partial charge on any atom is 0.223 e. The third-order valence-electron chi connectivity index (χ3n) is 5.22. The number of rotatable bonds is 6. The molecule has 0 radical (unpaired) electrons. The number of carbonyl (C=O) groups excluding carboxylic acids is 1. The minimum Gasteiger partial charge on any atom is -0.441 e. The van der Waals surface area contributed by atoms with Crippen LogP contribution in [-0.4, -0.2) is 46.9 Å². The second-order valence-electron chi connectivity index (χ2n) is 7.24. The fourth-order valence-electron chi connectivity index (χ4n) is 3.58. The molecule has 0 bridgehead atoms. The van der Waals surface area contributed by atoms with E-state index in [1.807, 2.05) is 35.2 Å². The first kappa shape index (κ1) is 19.7. The van der Waals surface area contributed by atoms with E-state index in [2.05, 4.69) is 34.1 Å². The van der Waals surface area contributed by atoms with Crippen LogP contribution >= 0.6 is 11.6 Å². The lowest BCUT2D eigenvalue weighted by molar-refractivity contribution is -0.133. The van der Waals surface area contributed by atoms with E-state index < -0.39 is 0 Å². The Labute approximate surface area is 175 Å². The summed E-state index contributed by atoms with van der Waals surface area (Å²) in [6, 6.07) is 17.9. The van der Waals surface area contributed by atoms with Crippen molar-refractivity contribution in [3.8, 4) is 11.3 Å². The molecule has 0 N–H and O–H groups in total. The van der Waals surface area contributed by atoms with E-state index in [1.165, 1.54) is 5.56 Å². The average molecular weight is 410 g/mol. The lowest BCUT2D eigenvalue weighted by Crippen LogP contribution is -2.48. The Kier molecular flexibility index (Phi) is 6.27. The van der Waals surface area contributed by atoms with Gasteiger partial charge in [-0.2, -0.15) is 0 Å². The van der Waals surface area contributed by atoms with Crippen LogP contribution in [0.4, 0.5) is 0 Å². The molecule has 2 aromatic carbocycles. The molecule has 29 heavy (non-hydrogen) atoms. The minimum absolute atomic E-state index is 0.154. The number of amides is 1. The number of halogens is 1. The first-order chi connectivity index (χ1) is 14.2. The molecule has 0 atom stereocenters. The lowest BCUT2D eigenvalue weighted by atomic mass is 10.2. The number of carbonyl (C=O) groups is 1. The molecule has 5 nitrogen and oxygen atoms in total. The summed E-state index contributed by atoms with van der Waals surface area (Å²) in [4.78, 5) is 21.2. The first-order valence-electron chi connectivity index (χ1n) is 9.93. The van der Waals surface area contributed by atoms with E-state index in [0.29, 0.717) is 29.5 Å². The summed E-state index contributed by atoms with van der Waals surface area (Å²) in [5, 5.41) is 0.625. The summed E-state index contributed by atoms with van der Waals surface area (Å²) in [6.07, 6.45) is 2.57. The predicted molar refractivity (Wildman–Crippen MR) is 114 cm³/mol. The highest BCUT2D eigenvalue weighted by molar-refractivity contribution is 6.33. The van der Waals surface area contributed by atoms with E-state index in [0.717, 1.165) is 38.3 Å². The number of nitrogens with zero attached hydrogens (tertiary/aromatic N) is 3. The van der Waals surface area contributed by atoms with Crippen LogP contribution in [0, 0.1) is 0 Å². The zero-order chi connectivity index (χ0) is 20.1. The molecule has 4 rings (SSSR count). The van der Waals surface area contributed by atoms with Crippen LogP contribution in [0.2, 0.25) is 5.02 Å². The quantitative estimate of drug-likeness (QED) is 0.610. The van der Waals surface area contributed by atoms with E-state index in [9.17, 15) is 4.79 Å². The zero-order valence-electron chi connectivity index (χ0n) is 16.3. The number of aryl methyl sites for hydroxylation is 1. The highest BCUT2D eigenvalue weighted by Crippen LogP contribution is 2.28. The van der Waals surface area contributed by atoms with E-state index in [1.54, 1.807) is 6.20 Å². The molecule has 0 saturated carbocycles. The highest BCUT2D eigenvalue weighted by Gasteiger charge is 2.21. The van der Waals surface area contributed by atoms with Gasteiger partial charge in [-0.1, -0.05) is 54.1 Å². The fourth-order valence-corrected chi connectivity index (χ4v) is 3.81. The van der Waals surface area contributed by atoms with Crippen LogP contribution in [-0.2, 0) is 17.8 Å². The monoisotopic (exact) mass is 409 g/mol. The topological polar surface area (TPSA) is 49.6 Å². The van der Waals surface area contributed by atoms with Crippen molar-refractivity contribution in [2.24, 2.45) is 0 Å². The Morgan fingerprint density at radius 2 is 1.72 bits per heavy atom. The molecular formula is C23H24ClN3O2. The predicted octanol–water partition coefficient (Wildman–Crippen LogP) is 4.27. The van der Waals surface area contributed by atoms with E-state index >= 15 is 0 Å². The Morgan fingerprint density at radius 1 is 1.00 bits per heavy atom. The zero-order valence-corrected chi connectivity index (χ0v) is 17.0. The highest BCUT2D eigenvalue weighted by atomic mass is 35.5. The van der Waals surface area contributed by atoms with Crippen molar-refractivity contribution in [1.29, 1.82) is 0 Å². The average Bonchev–Trinajstić information content (AvgIpc) is 3.22. The van der Waals surface area contributed by atoms with Gasteiger partial charge >= 0.3 is 0 Å². The summed E-state index contributed by atoms with van der Waals surface area (Å²) >= 11 is 6.21. The van der Waals surface area contributed by atoms with Gasteiger partial charge in [0.05, 0.1) is 11.2 Å². The van der Waals surface area contributed by atoms with Crippen LogP contribution in [0.15, 0.2) is 65.2 Å². The Hall–Kier alpha value is -2.63. The summed E-state index contributed by atoms with van der Waals surface area (Å²) in [5.74, 6) is 1.35. The van der Waals surface area contributed by atoms with Gasteiger partial charge in [0, 0.05) is 51.1 Å². The molecule has 150 valence electrons. The fraction of sp³-hybridized carbons (Fsp3) is 0.304. The van der Waals surface area contributed by atoms with Crippen molar-refractivity contribution in [3.05, 3.63) is 77.3 Å². The molecule has 0 aliphatic carbocycles. The second-order valence-corrected chi connectivity index (χ2v) is 7.65. The molecule has 0 unspecified atom stereocenters. The summed E-state index contributed by atoms with van der Waals surface area (Å²) in [6.45, 7) is 4.26. The molecule has 0 spiro atoms.